The molecule has 21 heavy (non-hydrogen) atoms. The summed E-state index contributed by atoms with van der Waals surface area (Å²) >= 11 is 0. The molecule has 1 aromatic rings. The maximum Gasteiger partial charge on any atom is 0.320 e. The van der Waals surface area contributed by atoms with Crippen molar-refractivity contribution >= 4 is 11.9 Å². The smallest absolute Gasteiger partial charge is 0.320 e. The summed E-state index contributed by atoms with van der Waals surface area (Å²) in [5.74, 6) is -0.879. The highest BCUT2D eigenvalue weighted by Crippen LogP contribution is 2.16. The molecular formula is C15H20N2O4. The standard InChI is InChI=1S/C15H20N2O4/c1-2-13(15(20)21)16-6-8-17(9-7-16)14(19)11-4-3-5-12(18)10-11/h3-5,10,13,18H,2,6-9H2,1H3,(H,20,21). The average molecular weight is 292 g/mol. The predicted octanol–water partition coefficient (Wildman–Crippen LogP) is 1.01. The molecule has 0 aromatic heterocycles. The second kappa shape index (κ2) is 6.58. The number of carbonyl (C=O) groups excluding carboxylic acids is 1. The molecule has 2 N–H and O–H groups in total. The van der Waals surface area contributed by atoms with E-state index < -0.39 is 12.0 Å². The summed E-state index contributed by atoms with van der Waals surface area (Å²) in [6, 6.07) is 5.79. The van der Waals surface area contributed by atoms with Gasteiger partial charge >= 0.3 is 5.97 Å². The molecule has 1 atom stereocenters. The van der Waals surface area contributed by atoms with Crippen molar-refractivity contribution in [2.45, 2.75) is 19.4 Å². The van der Waals surface area contributed by atoms with E-state index in [2.05, 4.69) is 0 Å². The van der Waals surface area contributed by atoms with Crippen molar-refractivity contribution in [1.82, 2.24) is 9.80 Å². The normalized spacial score (nSPS) is 17.5. The van der Waals surface area contributed by atoms with E-state index in [1.165, 1.54) is 12.1 Å². The van der Waals surface area contributed by atoms with Gasteiger partial charge in [0.05, 0.1) is 0 Å². The molecule has 1 saturated heterocycles. The van der Waals surface area contributed by atoms with Gasteiger partial charge < -0.3 is 15.1 Å². The lowest BCUT2D eigenvalue weighted by Gasteiger charge is -2.37. The van der Waals surface area contributed by atoms with Crippen LogP contribution >= 0.6 is 0 Å². The quantitative estimate of drug-likeness (QED) is 0.865. The van der Waals surface area contributed by atoms with Gasteiger partial charge in [0.2, 0.25) is 0 Å². The maximum absolute atomic E-state index is 12.3. The second-order valence-electron chi connectivity index (χ2n) is 5.14. The van der Waals surface area contributed by atoms with Gasteiger partial charge in [-0.2, -0.15) is 0 Å². The third kappa shape index (κ3) is 3.52. The number of carbonyl (C=O) groups is 2. The van der Waals surface area contributed by atoms with Crippen LogP contribution in [0, 0.1) is 0 Å². The number of rotatable bonds is 4. The molecule has 6 heteroatoms. The van der Waals surface area contributed by atoms with E-state index in [0.29, 0.717) is 38.2 Å². The van der Waals surface area contributed by atoms with E-state index in [-0.39, 0.29) is 11.7 Å². The van der Waals surface area contributed by atoms with Crippen LogP contribution in [0.5, 0.6) is 5.75 Å². The number of carboxylic acids is 1. The highest BCUT2D eigenvalue weighted by atomic mass is 16.4. The first-order valence-electron chi connectivity index (χ1n) is 7.08. The Labute approximate surface area is 123 Å². The number of hydrogen-bond donors (Lipinski definition) is 2. The molecule has 1 aliphatic rings. The second-order valence-corrected chi connectivity index (χ2v) is 5.14. The van der Waals surface area contributed by atoms with Gasteiger partial charge in [0.25, 0.3) is 5.91 Å². The van der Waals surface area contributed by atoms with Gasteiger partial charge in [-0.1, -0.05) is 13.0 Å². The van der Waals surface area contributed by atoms with Crippen molar-refractivity contribution in [3.63, 3.8) is 0 Å². The molecule has 0 saturated carbocycles. The molecular weight excluding hydrogens is 272 g/mol. The van der Waals surface area contributed by atoms with Crippen LogP contribution in [0.4, 0.5) is 0 Å². The highest BCUT2D eigenvalue weighted by Gasteiger charge is 2.29. The zero-order valence-electron chi connectivity index (χ0n) is 12.0. The third-order valence-electron chi connectivity index (χ3n) is 3.81. The molecule has 6 nitrogen and oxygen atoms in total. The van der Waals surface area contributed by atoms with Crippen molar-refractivity contribution in [2.24, 2.45) is 0 Å². The Morgan fingerprint density at radius 2 is 1.90 bits per heavy atom. The van der Waals surface area contributed by atoms with E-state index in [0.717, 1.165) is 0 Å². The zero-order valence-corrected chi connectivity index (χ0v) is 12.0. The van der Waals surface area contributed by atoms with Crippen LogP contribution in [-0.4, -0.2) is 64.1 Å². The molecule has 0 aliphatic carbocycles. The third-order valence-corrected chi connectivity index (χ3v) is 3.81. The number of aliphatic carboxylic acids is 1. The molecule has 1 heterocycles. The Bertz CT molecular complexity index is 524. The lowest BCUT2D eigenvalue weighted by molar-refractivity contribution is -0.144. The van der Waals surface area contributed by atoms with Crippen molar-refractivity contribution < 1.29 is 19.8 Å². The van der Waals surface area contributed by atoms with Crippen LogP contribution in [0.1, 0.15) is 23.7 Å². The van der Waals surface area contributed by atoms with Gasteiger partial charge in [0.1, 0.15) is 11.8 Å². The fourth-order valence-corrected chi connectivity index (χ4v) is 2.65. The maximum atomic E-state index is 12.3. The van der Waals surface area contributed by atoms with E-state index >= 15 is 0 Å². The number of carboxylic acid groups (broad SMARTS) is 1. The number of amides is 1. The molecule has 0 bridgehead atoms. The van der Waals surface area contributed by atoms with Crippen LogP contribution in [-0.2, 0) is 4.79 Å². The minimum Gasteiger partial charge on any atom is -0.508 e. The number of hydrogen-bond acceptors (Lipinski definition) is 4. The summed E-state index contributed by atoms with van der Waals surface area (Å²) in [4.78, 5) is 27.1. The SMILES string of the molecule is CCC(C(=O)O)N1CCN(C(=O)c2cccc(O)c2)CC1. The van der Waals surface area contributed by atoms with Crippen LogP contribution in [0.25, 0.3) is 0 Å². The number of benzene rings is 1. The Hall–Kier alpha value is -2.08. The van der Waals surface area contributed by atoms with Gasteiger partial charge in [-0.25, -0.2) is 0 Å². The summed E-state index contributed by atoms with van der Waals surface area (Å²) in [5, 5.41) is 18.6. The molecule has 1 aliphatic heterocycles. The topological polar surface area (TPSA) is 81.1 Å². The fourth-order valence-electron chi connectivity index (χ4n) is 2.65. The molecule has 0 spiro atoms. The lowest BCUT2D eigenvalue weighted by Crippen LogP contribution is -2.53. The monoisotopic (exact) mass is 292 g/mol. The number of phenolic OH excluding ortho intramolecular Hbond substituents is 1. The molecule has 1 aromatic carbocycles. The van der Waals surface area contributed by atoms with Crippen LogP contribution < -0.4 is 0 Å². The van der Waals surface area contributed by atoms with Gasteiger partial charge in [-0.3, -0.25) is 14.5 Å². The van der Waals surface area contributed by atoms with E-state index in [4.69, 9.17) is 5.11 Å². The van der Waals surface area contributed by atoms with Gasteiger partial charge in [-0.05, 0) is 24.6 Å². The summed E-state index contributed by atoms with van der Waals surface area (Å²) in [7, 11) is 0. The Morgan fingerprint density at radius 3 is 2.43 bits per heavy atom. The van der Waals surface area contributed by atoms with Crippen molar-refractivity contribution in [3.8, 4) is 5.75 Å². The van der Waals surface area contributed by atoms with Crippen LogP contribution in [0.2, 0.25) is 0 Å². The number of phenols is 1. The van der Waals surface area contributed by atoms with Crippen molar-refractivity contribution in [2.75, 3.05) is 26.2 Å². The molecule has 0 radical (unpaired) electrons. The minimum absolute atomic E-state index is 0.0661. The largest absolute Gasteiger partial charge is 0.508 e. The highest BCUT2D eigenvalue weighted by molar-refractivity contribution is 5.94. The molecule has 114 valence electrons. The zero-order chi connectivity index (χ0) is 15.4. The van der Waals surface area contributed by atoms with Crippen LogP contribution in [0.3, 0.4) is 0 Å². The molecule has 2 rings (SSSR count). The first kappa shape index (κ1) is 15.3. The van der Waals surface area contributed by atoms with Crippen molar-refractivity contribution in [1.29, 1.82) is 0 Å². The van der Waals surface area contributed by atoms with E-state index in [9.17, 15) is 14.7 Å². The van der Waals surface area contributed by atoms with Gasteiger partial charge in [-0.15, -0.1) is 0 Å². The molecule has 1 unspecified atom stereocenters. The average Bonchev–Trinajstić information content (AvgIpc) is 2.47. The Balaban J connectivity index is 1.97. The molecule has 1 amide bonds. The van der Waals surface area contributed by atoms with Gasteiger partial charge in [0.15, 0.2) is 0 Å². The molecule has 1 fully saturated rings. The number of aromatic hydroxyl groups is 1. The Kier molecular flexibility index (Phi) is 4.80. The fraction of sp³-hybridized carbons (Fsp3) is 0.467. The minimum atomic E-state index is -0.815. The van der Waals surface area contributed by atoms with Gasteiger partial charge in [0, 0.05) is 31.7 Å². The summed E-state index contributed by atoms with van der Waals surface area (Å²) < 4.78 is 0. The lowest BCUT2D eigenvalue weighted by atomic mass is 10.1. The summed E-state index contributed by atoms with van der Waals surface area (Å²) in [6.07, 6.45) is 0.551. The van der Waals surface area contributed by atoms with Crippen molar-refractivity contribution in [3.05, 3.63) is 29.8 Å². The van der Waals surface area contributed by atoms with E-state index in [1.807, 2.05) is 11.8 Å². The number of nitrogens with zero attached hydrogens (tertiary/aromatic N) is 2. The summed E-state index contributed by atoms with van der Waals surface area (Å²) in [6.45, 7) is 3.95. The van der Waals surface area contributed by atoms with E-state index in [1.54, 1.807) is 17.0 Å². The van der Waals surface area contributed by atoms with Crippen LogP contribution in [0.15, 0.2) is 24.3 Å². The first-order valence-corrected chi connectivity index (χ1v) is 7.08. The number of piperazine rings is 1. The Morgan fingerprint density at radius 1 is 1.24 bits per heavy atom. The predicted molar refractivity (Wildman–Crippen MR) is 77.3 cm³/mol. The summed E-state index contributed by atoms with van der Waals surface area (Å²) in [5.41, 5.74) is 0.453. The first-order chi connectivity index (χ1) is 10.0.